The Hall–Kier alpha value is -4.33. The molecule has 0 aliphatic rings. The molecule has 0 radical (unpaired) electrons. The number of nitrogens with two attached hydrogens (primary N) is 1. The standard InChI is InChI=1S/C22H16N6O2/c23-22-26-16-9-2-1-7-14(16)18-11-17(27-28(18)22)21(30)25-12-19(29)15-8-3-5-13-6-4-10-24-20(13)15/h1-11H,12H2,(H2,23,26)(H,25,30). The van der Waals surface area contributed by atoms with Crippen LogP contribution in [0.5, 0.6) is 0 Å². The highest BCUT2D eigenvalue weighted by Gasteiger charge is 2.17. The van der Waals surface area contributed by atoms with Gasteiger partial charge in [0.15, 0.2) is 11.5 Å². The number of nitrogens with one attached hydrogen (secondary N) is 1. The Morgan fingerprint density at radius 3 is 2.77 bits per heavy atom. The topological polar surface area (TPSA) is 115 Å². The van der Waals surface area contributed by atoms with E-state index in [9.17, 15) is 9.59 Å². The molecule has 0 saturated carbocycles. The number of amides is 1. The summed E-state index contributed by atoms with van der Waals surface area (Å²) in [5.41, 5.74) is 8.60. The molecule has 3 heterocycles. The van der Waals surface area contributed by atoms with E-state index in [1.54, 1.807) is 24.4 Å². The molecule has 0 aliphatic carbocycles. The zero-order chi connectivity index (χ0) is 20.7. The minimum absolute atomic E-state index is 0.156. The quantitative estimate of drug-likeness (QED) is 0.451. The molecule has 0 spiro atoms. The van der Waals surface area contributed by atoms with Crippen LogP contribution in [0.3, 0.4) is 0 Å². The molecular weight excluding hydrogens is 380 g/mol. The van der Waals surface area contributed by atoms with E-state index in [1.165, 1.54) is 4.52 Å². The molecule has 0 saturated heterocycles. The van der Waals surface area contributed by atoms with Gasteiger partial charge in [0.25, 0.3) is 5.91 Å². The van der Waals surface area contributed by atoms with Gasteiger partial charge >= 0.3 is 0 Å². The van der Waals surface area contributed by atoms with Crippen LogP contribution in [0.25, 0.3) is 27.3 Å². The average molecular weight is 396 g/mol. The normalized spacial score (nSPS) is 11.2. The van der Waals surface area contributed by atoms with Crippen molar-refractivity contribution in [1.82, 2.24) is 24.9 Å². The minimum Gasteiger partial charge on any atom is -0.368 e. The van der Waals surface area contributed by atoms with Crippen molar-refractivity contribution in [3.63, 3.8) is 0 Å². The maximum atomic E-state index is 12.7. The maximum Gasteiger partial charge on any atom is 0.272 e. The third kappa shape index (κ3) is 2.91. The van der Waals surface area contributed by atoms with Crippen LogP contribution in [-0.2, 0) is 0 Å². The molecule has 0 aliphatic heterocycles. The van der Waals surface area contributed by atoms with Gasteiger partial charge in [-0.15, -0.1) is 0 Å². The van der Waals surface area contributed by atoms with E-state index >= 15 is 0 Å². The predicted octanol–water partition coefficient (Wildman–Crippen LogP) is 2.63. The highest BCUT2D eigenvalue weighted by atomic mass is 16.2. The van der Waals surface area contributed by atoms with Crippen LogP contribution in [0.1, 0.15) is 20.8 Å². The lowest BCUT2D eigenvalue weighted by molar-refractivity contribution is 0.0901. The van der Waals surface area contributed by atoms with Gasteiger partial charge in [0, 0.05) is 22.5 Å². The van der Waals surface area contributed by atoms with Gasteiger partial charge in [-0.05, 0) is 24.3 Å². The van der Waals surface area contributed by atoms with Crippen molar-refractivity contribution in [2.45, 2.75) is 0 Å². The second kappa shape index (κ2) is 6.93. The number of rotatable bonds is 4. The highest BCUT2D eigenvalue weighted by Crippen LogP contribution is 2.21. The summed E-state index contributed by atoms with van der Waals surface area (Å²) >= 11 is 0. The van der Waals surface area contributed by atoms with Crippen molar-refractivity contribution in [3.05, 3.63) is 78.1 Å². The van der Waals surface area contributed by atoms with Gasteiger partial charge in [0.05, 0.1) is 23.1 Å². The smallest absolute Gasteiger partial charge is 0.272 e. The second-order valence-corrected chi connectivity index (χ2v) is 6.80. The molecule has 0 fully saturated rings. The molecule has 8 nitrogen and oxygen atoms in total. The number of pyridine rings is 1. The van der Waals surface area contributed by atoms with Gasteiger partial charge in [-0.3, -0.25) is 14.6 Å². The summed E-state index contributed by atoms with van der Waals surface area (Å²) in [5, 5.41) is 8.59. The van der Waals surface area contributed by atoms with E-state index in [0.29, 0.717) is 22.1 Å². The number of fused-ring (bicyclic) bond motifs is 4. The molecule has 30 heavy (non-hydrogen) atoms. The Labute approximate surface area is 170 Å². The van der Waals surface area contributed by atoms with Crippen molar-refractivity contribution in [1.29, 1.82) is 0 Å². The van der Waals surface area contributed by atoms with Gasteiger partial charge < -0.3 is 11.1 Å². The van der Waals surface area contributed by atoms with Crippen molar-refractivity contribution in [2.24, 2.45) is 0 Å². The number of carbonyl (C=O) groups excluding carboxylic acids is 2. The van der Waals surface area contributed by atoms with Crippen LogP contribution < -0.4 is 11.1 Å². The third-order valence-corrected chi connectivity index (χ3v) is 4.92. The monoisotopic (exact) mass is 396 g/mol. The maximum absolute atomic E-state index is 12.7. The number of ketones is 1. The molecule has 5 aromatic rings. The van der Waals surface area contributed by atoms with Gasteiger partial charge in [0.1, 0.15) is 0 Å². The van der Waals surface area contributed by atoms with E-state index in [1.807, 2.05) is 42.5 Å². The number of Topliss-reactive ketones (excluding diaryl/α,β-unsaturated/α-hetero) is 1. The molecule has 0 atom stereocenters. The first kappa shape index (κ1) is 17.7. The summed E-state index contributed by atoms with van der Waals surface area (Å²) in [4.78, 5) is 33.9. The molecule has 3 aromatic heterocycles. The van der Waals surface area contributed by atoms with Crippen LogP contribution in [-0.4, -0.2) is 37.8 Å². The lowest BCUT2D eigenvalue weighted by Crippen LogP contribution is -2.30. The van der Waals surface area contributed by atoms with E-state index in [0.717, 1.165) is 10.8 Å². The molecule has 8 heteroatoms. The number of nitrogens with zero attached hydrogens (tertiary/aromatic N) is 4. The molecule has 5 rings (SSSR count). The number of hydrogen-bond donors (Lipinski definition) is 2. The Bertz CT molecular complexity index is 1450. The first-order chi connectivity index (χ1) is 14.6. The molecular formula is C22H16N6O2. The number of nitrogen functional groups attached to an aromatic ring is 1. The second-order valence-electron chi connectivity index (χ2n) is 6.80. The van der Waals surface area contributed by atoms with Gasteiger partial charge in [0.2, 0.25) is 5.95 Å². The highest BCUT2D eigenvalue weighted by molar-refractivity contribution is 6.09. The Balaban J connectivity index is 1.41. The largest absolute Gasteiger partial charge is 0.368 e. The number of hydrogen-bond acceptors (Lipinski definition) is 6. The first-order valence-corrected chi connectivity index (χ1v) is 9.31. The van der Waals surface area contributed by atoms with E-state index < -0.39 is 5.91 Å². The van der Waals surface area contributed by atoms with Crippen LogP contribution >= 0.6 is 0 Å². The van der Waals surface area contributed by atoms with Crippen molar-refractivity contribution >= 4 is 45.0 Å². The first-order valence-electron chi connectivity index (χ1n) is 9.31. The number of anilines is 1. The molecule has 3 N–H and O–H groups in total. The number of carbonyl (C=O) groups is 2. The summed E-state index contributed by atoms with van der Waals surface area (Å²) in [5.74, 6) is -0.521. The summed E-state index contributed by atoms with van der Waals surface area (Å²) in [6, 6.07) is 18.2. The number of aromatic nitrogens is 4. The van der Waals surface area contributed by atoms with E-state index in [2.05, 4.69) is 20.4 Å². The van der Waals surface area contributed by atoms with Crippen LogP contribution in [0.4, 0.5) is 5.95 Å². The third-order valence-electron chi connectivity index (χ3n) is 4.92. The number of benzene rings is 2. The molecule has 1 amide bonds. The van der Waals surface area contributed by atoms with Crippen molar-refractivity contribution in [3.8, 4) is 0 Å². The Morgan fingerprint density at radius 1 is 1.03 bits per heavy atom. The predicted molar refractivity (Wildman–Crippen MR) is 113 cm³/mol. The Morgan fingerprint density at radius 2 is 1.87 bits per heavy atom. The van der Waals surface area contributed by atoms with Gasteiger partial charge in [-0.25, -0.2) is 4.98 Å². The van der Waals surface area contributed by atoms with Crippen LogP contribution in [0, 0.1) is 0 Å². The zero-order valence-corrected chi connectivity index (χ0v) is 15.7. The molecule has 2 aromatic carbocycles. The summed E-state index contributed by atoms with van der Waals surface area (Å²) in [6.45, 7) is -0.170. The average Bonchev–Trinajstić information content (AvgIpc) is 3.23. The van der Waals surface area contributed by atoms with Crippen LogP contribution in [0.15, 0.2) is 66.9 Å². The van der Waals surface area contributed by atoms with E-state index in [-0.39, 0.29) is 24.0 Å². The van der Waals surface area contributed by atoms with Gasteiger partial charge in [-0.1, -0.05) is 36.4 Å². The van der Waals surface area contributed by atoms with Crippen molar-refractivity contribution < 1.29 is 9.59 Å². The summed E-state index contributed by atoms with van der Waals surface area (Å²) in [7, 11) is 0. The number of para-hydroxylation sites is 2. The fourth-order valence-corrected chi connectivity index (χ4v) is 3.49. The van der Waals surface area contributed by atoms with Crippen LogP contribution in [0.2, 0.25) is 0 Å². The summed E-state index contributed by atoms with van der Waals surface area (Å²) in [6.07, 6.45) is 1.64. The van der Waals surface area contributed by atoms with E-state index in [4.69, 9.17) is 5.73 Å². The molecule has 146 valence electrons. The fraction of sp³-hybridized carbons (Fsp3) is 0.0455. The lowest BCUT2D eigenvalue weighted by atomic mass is 10.1. The lowest BCUT2D eigenvalue weighted by Gasteiger charge is -2.05. The van der Waals surface area contributed by atoms with Crippen molar-refractivity contribution in [2.75, 3.05) is 12.3 Å². The SMILES string of the molecule is Nc1nc2ccccc2c2cc(C(=O)NCC(=O)c3cccc4cccnc34)nn12. The Kier molecular flexibility index (Phi) is 4.10. The molecule has 0 unspecified atom stereocenters. The van der Waals surface area contributed by atoms with Gasteiger partial charge in [-0.2, -0.15) is 9.61 Å². The fourth-order valence-electron chi connectivity index (χ4n) is 3.49. The summed E-state index contributed by atoms with van der Waals surface area (Å²) < 4.78 is 1.42. The molecule has 0 bridgehead atoms. The minimum atomic E-state index is -0.469. The zero-order valence-electron chi connectivity index (χ0n) is 15.7.